The number of piperidine rings is 1. The lowest BCUT2D eigenvalue weighted by atomic mass is 9.64. The van der Waals surface area contributed by atoms with Crippen LogP contribution in [0.25, 0.3) is 16.6 Å². The van der Waals surface area contributed by atoms with Crippen LogP contribution in [0, 0.1) is 28.6 Å². The van der Waals surface area contributed by atoms with Gasteiger partial charge in [-0.1, -0.05) is 20.8 Å². The first kappa shape index (κ1) is 22.6. The topological polar surface area (TPSA) is 110 Å². The van der Waals surface area contributed by atoms with Crippen molar-refractivity contribution in [2.24, 2.45) is 23.0 Å². The maximum absolute atomic E-state index is 12.4. The van der Waals surface area contributed by atoms with Crippen LogP contribution in [0.3, 0.4) is 0 Å². The van der Waals surface area contributed by atoms with Gasteiger partial charge in [-0.25, -0.2) is 9.50 Å². The van der Waals surface area contributed by atoms with E-state index in [0.717, 1.165) is 48.4 Å². The third-order valence-electron chi connectivity index (χ3n) is 7.21. The van der Waals surface area contributed by atoms with E-state index in [9.17, 15) is 10.1 Å². The van der Waals surface area contributed by atoms with Gasteiger partial charge in [0.2, 0.25) is 5.91 Å². The number of hydrogen-bond acceptors (Lipinski definition) is 6. The van der Waals surface area contributed by atoms with Crippen molar-refractivity contribution in [3.63, 3.8) is 0 Å². The Morgan fingerprint density at radius 2 is 2.18 bits per heavy atom. The number of anilines is 1. The lowest BCUT2D eigenvalue weighted by molar-refractivity contribution is -0.133. The quantitative estimate of drug-likeness (QED) is 0.619. The minimum atomic E-state index is -0.466. The Hall–Kier alpha value is -3.60. The zero-order chi connectivity index (χ0) is 23.8. The van der Waals surface area contributed by atoms with E-state index in [-0.39, 0.29) is 11.8 Å². The Balaban J connectivity index is 1.67. The van der Waals surface area contributed by atoms with Crippen LogP contribution >= 0.6 is 0 Å². The van der Waals surface area contributed by atoms with Gasteiger partial charge >= 0.3 is 0 Å². The van der Waals surface area contributed by atoms with E-state index in [0.29, 0.717) is 17.2 Å². The minimum absolute atomic E-state index is 0.165. The van der Waals surface area contributed by atoms with Gasteiger partial charge in [-0.15, -0.1) is 0 Å². The number of aromatic nitrogens is 3. The average molecular weight is 447 g/mol. The molecule has 2 N–H and O–H groups in total. The number of pyridine rings is 2. The van der Waals surface area contributed by atoms with Gasteiger partial charge in [-0.05, 0) is 42.9 Å². The van der Waals surface area contributed by atoms with Crippen LogP contribution in [-0.2, 0) is 4.79 Å². The molecule has 1 fully saturated rings. The van der Waals surface area contributed by atoms with Crippen LogP contribution < -0.4 is 15.4 Å². The molecule has 0 bridgehead atoms. The van der Waals surface area contributed by atoms with Crippen molar-refractivity contribution in [2.45, 2.75) is 33.6 Å². The van der Waals surface area contributed by atoms with Crippen LogP contribution in [0.4, 0.5) is 5.82 Å². The van der Waals surface area contributed by atoms with Crippen molar-refractivity contribution in [1.82, 2.24) is 14.6 Å². The highest BCUT2D eigenvalue weighted by Crippen LogP contribution is 2.44. The maximum Gasteiger partial charge on any atom is 0.224 e. The SMILES string of the molecule is CCC1(C(N)=O)CCN(c2ccc(-c3cc(OC)cn4ncc(C#N)c34)cn2)CC1C(C)C. The molecule has 4 heterocycles. The Labute approximate surface area is 194 Å². The minimum Gasteiger partial charge on any atom is -0.495 e. The van der Waals surface area contributed by atoms with Crippen molar-refractivity contribution in [3.8, 4) is 22.9 Å². The third kappa shape index (κ3) is 3.78. The van der Waals surface area contributed by atoms with E-state index in [2.05, 4.69) is 36.8 Å². The van der Waals surface area contributed by atoms with Crippen molar-refractivity contribution in [3.05, 3.63) is 42.4 Å². The molecule has 3 aromatic heterocycles. The molecule has 1 aliphatic rings. The number of fused-ring (bicyclic) bond motifs is 1. The fourth-order valence-corrected chi connectivity index (χ4v) is 5.24. The second-order valence-electron chi connectivity index (χ2n) is 9.08. The molecule has 8 nitrogen and oxygen atoms in total. The van der Waals surface area contributed by atoms with Gasteiger partial charge in [-0.2, -0.15) is 10.4 Å². The standard InChI is InChI=1S/C25H30N6O2/c1-5-25(24(27)32)8-9-30(15-21(25)16(2)3)22-7-6-17(12-28-22)20-10-19(33-4)14-31-23(20)18(11-26)13-29-31/h6-7,10,12-14,16,21H,5,8-9,15H2,1-4H3,(H2,27,32). The summed E-state index contributed by atoms with van der Waals surface area (Å²) in [6.07, 6.45) is 6.60. The number of carbonyl (C=O) groups excluding carboxylic acids is 1. The molecule has 2 atom stereocenters. The number of nitrogens with two attached hydrogens (primary N) is 1. The second-order valence-corrected chi connectivity index (χ2v) is 9.08. The van der Waals surface area contributed by atoms with Crippen molar-refractivity contribution in [2.75, 3.05) is 25.1 Å². The molecule has 2 unspecified atom stereocenters. The fourth-order valence-electron chi connectivity index (χ4n) is 5.24. The highest BCUT2D eigenvalue weighted by atomic mass is 16.5. The summed E-state index contributed by atoms with van der Waals surface area (Å²) in [5.41, 5.74) is 8.34. The molecule has 1 amide bonds. The van der Waals surface area contributed by atoms with E-state index >= 15 is 0 Å². The Kier molecular flexibility index (Phi) is 5.98. The number of carbonyl (C=O) groups is 1. The predicted molar refractivity (Wildman–Crippen MR) is 127 cm³/mol. The van der Waals surface area contributed by atoms with Gasteiger partial charge in [0.15, 0.2) is 0 Å². The summed E-state index contributed by atoms with van der Waals surface area (Å²) in [5, 5.41) is 13.8. The van der Waals surface area contributed by atoms with E-state index in [4.69, 9.17) is 15.5 Å². The summed E-state index contributed by atoms with van der Waals surface area (Å²) in [4.78, 5) is 19.4. The van der Waals surface area contributed by atoms with Gasteiger partial charge in [0, 0.05) is 30.4 Å². The normalized spacial score (nSPS) is 20.7. The summed E-state index contributed by atoms with van der Waals surface area (Å²) >= 11 is 0. The molecule has 3 aromatic rings. The monoisotopic (exact) mass is 446 g/mol. The molecule has 0 aliphatic carbocycles. The number of amides is 1. The van der Waals surface area contributed by atoms with Gasteiger partial charge in [0.05, 0.1) is 36.0 Å². The molecule has 172 valence electrons. The maximum atomic E-state index is 12.4. The number of primary amides is 1. The molecular formula is C25H30N6O2. The summed E-state index contributed by atoms with van der Waals surface area (Å²) < 4.78 is 7.08. The number of ether oxygens (including phenoxy) is 1. The Morgan fingerprint density at radius 3 is 2.76 bits per heavy atom. The number of nitriles is 1. The number of rotatable bonds is 6. The molecule has 0 aromatic carbocycles. The second kappa shape index (κ2) is 8.74. The van der Waals surface area contributed by atoms with Crippen LogP contribution in [-0.4, -0.2) is 40.7 Å². The van der Waals surface area contributed by atoms with Gasteiger partial charge in [0.25, 0.3) is 0 Å². The molecule has 0 saturated carbocycles. The van der Waals surface area contributed by atoms with Crippen molar-refractivity contribution in [1.29, 1.82) is 5.26 Å². The number of hydrogen-bond donors (Lipinski definition) is 1. The molecule has 0 spiro atoms. The first-order chi connectivity index (χ1) is 15.8. The highest BCUT2D eigenvalue weighted by Gasteiger charge is 2.47. The lowest BCUT2D eigenvalue weighted by Gasteiger charge is -2.48. The first-order valence-electron chi connectivity index (χ1n) is 11.3. The zero-order valence-electron chi connectivity index (χ0n) is 19.6. The summed E-state index contributed by atoms with van der Waals surface area (Å²) in [7, 11) is 1.60. The number of nitrogens with zero attached hydrogens (tertiary/aromatic N) is 5. The van der Waals surface area contributed by atoms with E-state index in [1.165, 1.54) is 0 Å². The molecule has 1 aliphatic heterocycles. The molecule has 8 heteroatoms. The Bertz CT molecular complexity index is 1210. The third-order valence-corrected chi connectivity index (χ3v) is 7.21. The van der Waals surface area contributed by atoms with E-state index in [1.54, 1.807) is 24.0 Å². The molecule has 4 rings (SSSR count). The largest absolute Gasteiger partial charge is 0.495 e. The van der Waals surface area contributed by atoms with Gasteiger partial charge in [-0.3, -0.25) is 4.79 Å². The fraction of sp³-hybridized carbons (Fsp3) is 0.440. The molecule has 0 radical (unpaired) electrons. The van der Waals surface area contributed by atoms with Crippen LogP contribution in [0.1, 0.15) is 39.2 Å². The van der Waals surface area contributed by atoms with Crippen LogP contribution in [0.2, 0.25) is 0 Å². The number of methoxy groups -OCH3 is 1. The van der Waals surface area contributed by atoms with E-state index < -0.39 is 5.41 Å². The summed E-state index contributed by atoms with van der Waals surface area (Å²) in [6, 6.07) is 8.10. The summed E-state index contributed by atoms with van der Waals surface area (Å²) in [6.45, 7) is 7.85. The van der Waals surface area contributed by atoms with E-state index in [1.807, 2.05) is 24.4 Å². The summed E-state index contributed by atoms with van der Waals surface area (Å²) in [5.74, 6) is 1.82. The molecular weight excluding hydrogens is 416 g/mol. The smallest absolute Gasteiger partial charge is 0.224 e. The van der Waals surface area contributed by atoms with Gasteiger partial charge in [0.1, 0.15) is 17.6 Å². The lowest BCUT2D eigenvalue weighted by Crippen LogP contribution is -2.55. The van der Waals surface area contributed by atoms with Crippen LogP contribution in [0.15, 0.2) is 36.8 Å². The molecule has 1 saturated heterocycles. The zero-order valence-corrected chi connectivity index (χ0v) is 19.6. The highest BCUT2D eigenvalue weighted by molar-refractivity contribution is 5.85. The first-order valence-corrected chi connectivity index (χ1v) is 11.3. The van der Waals surface area contributed by atoms with Crippen LogP contribution in [0.5, 0.6) is 5.75 Å². The average Bonchev–Trinajstić information content (AvgIpc) is 3.26. The molecule has 33 heavy (non-hydrogen) atoms. The van der Waals surface area contributed by atoms with Crippen molar-refractivity contribution >= 4 is 17.2 Å². The predicted octanol–water partition coefficient (Wildman–Crippen LogP) is 3.64. The van der Waals surface area contributed by atoms with Crippen molar-refractivity contribution < 1.29 is 9.53 Å². The Morgan fingerprint density at radius 1 is 1.39 bits per heavy atom. The van der Waals surface area contributed by atoms with Gasteiger partial charge < -0.3 is 15.4 Å².